The van der Waals surface area contributed by atoms with Crippen LogP contribution in [0.2, 0.25) is 0 Å². The van der Waals surface area contributed by atoms with Gasteiger partial charge in [-0.1, -0.05) is 12.1 Å². The monoisotopic (exact) mass is 270 g/mol. The van der Waals surface area contributed by atoms with Gasteiger partial charge >= 0.3 is 0 Å². The van der Waals surface area contributed by atoms with Crippen LogP contribution in [0.5, 0.6) is 0 Å². The lowest BCUT2D eigenvalue weighted by Crippen LogP contribution is -2.16. The Bertz CT molecular complexity index is 623. The van der Waals surface area contributed by atoms with Crippen LogP contribution in [0.15, 0.2) is 29.8 Å². The molecule has 2 aliphatic rings. The molecule has 2 bridgehead atoms. The van der Waals surface area contributed by atoms with Crippen LogP contribution in [-0.2, 0) is 0 Å². The standard InChI is InChI=1S/C16H18N2S/c1-17-9-12-10-6-7-11(8-10)15(12)16-18-13-4-2-3-5-14(13)19-16/h2-5,10-11,17H,6-9H2,1H3. The summed E-state index contributed by atoms with van der Waals surface area (Å²) in [6.07, 6.45) is 4.11. The highest BCUT2D eigenvalue weighted by Crippen LogP contribution is 2.53. The van der Waals surface area contributed by atoms with Crippen LogP contribution in [0.1, 0.15) is 24.3 Å². The van der Waals surface area contributed by atoms with Crippen LogP contribution < -0.4 is 5.32 Å². The van der Waals surface area contributed by atoms with Gasteiger partial charge in [-0.2, -0.15) is 0 Å². The van der Waals surface area contributed by atoms with Crippen molar-refractivity contribution in [1.29, 1.82) is 0 Å². The minimum Gasteiger partial charge on any atom is -0.316 e. The second-order valence-electron chi connectivity index (χ2n) is 5.66. The molecule has 1 fully saturated rings. The van der Waals surface area contributed by atoms with Crippen molar-refractivity contribution in [3.63, 3.8) is 0 Å². The van der Waals surface area contributed by atoms with Crippen molar-refractivity contribution < 1.29 is 0 Å². The Balaban J connectivity index is 1.85. The summed E-state index contributed by atoms with van der Waals surface area (Å²) < 4.78 is 1.32. The lowest BCUT2D eigenvalue weighted by Gasteiger charge is -2.18. The molecule has 1 aromatic heterocycles. The molecule has 98 valence electrons. The average molecular weight is 270 g/mol. The summed E-state index contributed by atoms with van der Waals surface area (Å²) in [5.74, 6) is 1.59. The van der Waals surface area contributed by atoms with E-state index in [4.69, 9.17) is 4.98 Å². The summed E-state index contributed by atoms with van der Waals surface area (Å²) >= 11 is 1.87. The quantitative estimate of drug-likeness (QED) is 0.920. The van der Waals surface area contributed by atoms with Gasteiger partial charge in [0.1, 0.15) is 5.01 Å². The molecule has 0 radical (unpaired) electrons. The SMILES string of the molecule is CNCC1=C(c2nc3ccccc3s2)C2CCC1C2. The Morgan fingerprint density at radius 2 is 2.11 bits per heavy atom. The molecule has 1 heterocycles. The third-order valence-corrected chi connectivity index (χ3v) is 5.64. The number of nitrogens with zero attached hydrogens (tertiary/aromatic N) is 1. The average Bonchev–Trinajstić information content (AvgIpc) is 3.12. The molecule has 1 N–H and O–H groups in total. The zero-order chi connectivity index (χ0) is 12.8. The fraction of sp³-hybridized carbons (Fsp3) is 0.438. The maximum absolute atomic E-state index is 4.88. The highest BCUT2D eigenvalue weighted by Gasteiger charge is 2.40. The van der Waals surface area contributed by atoms with Crippen molar-refractivity contribution in [2.75, 3.05) is 13.6 Å². The highest BCUT2D eigenvalue weighted by atomic mass is 32.1. The van der Waals surface area contributed by atoms with Gasteiger partial charge in [-0.25, -0.2) is 4.98 Å². The molecule has 1 saturated carbocycles. The molecule has 19 heavy (non-hydrogen) atoms. The normalized spacial score (nSPS) is 25.7. The van der Waals surface area contributed by atoms with Crippen LogP contribution >= 0.6 is 11.3 Å². The van der Waals surface area contributed by atoms with Gasteiger partial charge in [0.15, 0.2) is 0 Å². The minimum absolute atomic E-state index is 0.772. The van der Waals surface area contributed by atoms with E-state index in [2.05, 4.69) is 36.6 Å². The number of thiazole rings is 1. The minimum atomic E-state index is 0.772. The Labute approximate surface area is 117 Å². The molecule has 1 aromatic carbocycles. The Kier molecular flexibility index (Phi) is 2.71. The van der Waals surface area contributed by atoms with Crippen LogP contribution in [0.4, 0.5) is 0 Å². The van der Waals surface area contributed by atoms with Crippen molar-refractivity contribution in [1.82, 2.24) is 10.3 Å². The molecule has 2 aromatic rings. The fourth-order valence-corrected chi connectivity index (χ4v) is 4.90. The maximum Gasteiger partial charge on any atom is 0.120 e. The molecular weight excluding hydrogens is 252 g/mol. The van der Waals surface area contributed by atoms with Crippen molar-refractivity contribution in [3.05, 3.63) is 34.8 Å². The summed E-state index contributed by atoms with van der Waals surface area (Å²) in [4.78, 5) is 4.88. The first-order chi connectivity index (χ1) is 9.36. The van der Waals surface area contributed by atoms with Gasteiger partial charge in [0.2, 0.25) is 0 Å². The molecule has 0 aliphatic heterocycles. The number of nitrogens with one attached hydrogen (secondary N) is 1. The van der Waals surface area contributed by atoms with Crippen molar-refractivity contribution in [2.45, 2.75) is 19.3 Å². The molecule has 3 heteroatoms. The van der Waals surface area contributed by atoms with Crippen molar-refractivity contribution >= 4 is 27.1 Å². The maximum atomic E-state index is 4.88. The molecule has 0 saturated heterocycles. The summed E-state index contributed by atoms with van der Waals surface area (Å²) in [5.41, 5.74) is 4.37. The summed E-state index contributed by atoms with van der Waals surface area (Å²) in [7, 11) is 2.05. The van der Waals surface area contributed by atoms with Crippen molar-refractivity contribution in [3.8, 4) is 0 Å². The molecule has 2 atom stereocenters. The third-order valence-electron chi connectivity index (χ3n) is 4.57. The molecule has 0 spiro atoms. The number of benzene rings is 1. The van der Waals surface area contributed by atoms with Crippen LogP contribution in [0.3, 0.4) is 0 Å². The number of para-hydroxylation sites is 1. The predicted octanol–water partition coefficient (Wildman–Crippen LogP) is 3.70. The van der Waals surface area contributed by atoms with E-state index in [9.17, 15) is 0 Å². The predicted molar refractivity (Wildman–Crippen MR) is 81.3 cm³/mol. The van der Waals surface area contributed by atoms with Gasteiger partial charge in [0, 0.05) is 6.54 Å². The van der Waals surface area contributed by atoms with E-state index in [1.54, 1.807) is 11.1 Å². The van der Waals surface area contributed by atoms with E-state index >= 15 is 0 Å². The molecule has 4 rings (SSSR count). The molecule has 2 unspecified atom stereocenters. The first-order valence-electron chi connectivity index (χ1n) is 7.10. The van der Waals surface area contributed by atoms with E-state index in [1.165, 1.54) is 29.0 Å². The largest absolute Gasteiger partial charge is 0.316 e. The lowest BCUT2D eigenvalue weighted by molar-refractivity contribution is 0.627. The van der Waals surface area contributed by atoms with Gasteiger partial charge in [-0.15, -0.1) is 11.3 Å². The lowest BCUT2D eigenvalue weighted by atomic mass is 9.92. The number of aromatic nitrogens is 1. The van der Waals surface area contributed by atoms with Gasteiger partial charge in [0.25, 0.3) is 0 Å². The van der Waals surface area contributed by atoms with Crippen molar-refractivity contribution in [2.24, 2.45) is 11.8 Å². The Morgan fingerprint density at radius 3 is 2.95 bits per heavy atom. The second kappa shape index (κ2) is 4.43. The van der Waals surface area contributed by atoms with E-state index in [-0.39, 0.29) is 0 Å². The van der Waals surface area contributed by atoms with Gasteiger partial charge in [-0.05, 0) is 61.4 Å². The fourth-order valence-electron chi connectivity index (χ4n) is 3.77. The highest BCUT2D eigenvalue weighted by molar-refractivity contribution is 7.19. The first-order valence-corrected chi connectivity index (χ1v) is 7.92. The van der Waals surface area contributed by atoms with Crippen LogP contribution in [0.25, 0.3) is 15.8 Å². The number of allylic oxidation sites excluding steroid dienone is 1. The van der Waals surface area contributed by atoms with E-state index < -0.39 is 0 Å². The van der Waals surface area contributed by atoms with Crippen LogP contribution in [-0.4, -0.2) is 18.6 Å². The zero-order valence-corrected chi connectivity index (χ0v) is 12.0. The molecule has 2 nitrogen and oxygen atoms in total. The second-order valence-corrected chi connectivity index (χ2v) is 6.69. The van der Waals surface area contributed by atoms with E-state index in [1.807, 2.05) is 11.3 Å². The number of hydrogen-bond donors (Lipinski definition) is 1. The number of likely N-dealkylation sites (N-methyl/N-ethyl adjacent to an activating group) is 1. The smallest absolute Gasteiger partial charge is 0.120 e. The first kappa shape index (κ1) is 11.6. The summed E-state index contributed by atoms with van der Waals surface area (Å²) in [5, 5.41) is 4.62. The van der Waals surface area contributed by atoms with Crippen LogP contribution in [0, 0.1) is 11.8 Å². The number of fused-ring (bicyclic) bond motifs is 3. The Morgan fingerprint density at radius 1 is 1.26 bits per heavy atom. The van der Waals surface area contributed by atoms with Gasteiger partial charge < -0.3 is 5.32 Å². The third kappa shape index (κ3) is 1.76. The van der Waals surface area contributed by atoms with Gasteiger partial charge in [-0.3, -0.25) is 0 Å². The van der Waals surface area contributed by atoms with Gasteiger partial charge in [0.05, 0.1) is 10.2 Å². The topological polar surface area (TPSA) is 24.9 Å². The summed E-state index contributed by atoms with van der Waals surface area (Å²) in [6, 6.07) is 8.49. The number of rotatable bonds is 3. The van der Waals surface area contributed by atoms with E-state index in [0.29, 0.717) is 0 Å². The Hall–Kier alpha value is -1.19. The number of hydrogen-bond acceptors (Lipinski definition) is 3. The molecule has 0 amide bonds. The molecule has 2 aliphatic carbocycles. The molecular formula is C16H18N2S. The van der Waals surface area contributed by atoms with E-state index in [0.717, 1.165) is 23.9 Å². The summed E-state index contributed by atoms with van der Waals surface area (Å²) in [6.45, 7) is 1.03. The zero-order valence-electron chi connectivity index (χ0n) is 11.1.